The Morgan fingerprint density at radius 1 is 1.08 bits per heavy atom. The summed E-state index contributed by atoms with van der Waals surface area (Å²) in [4.78, 5) is 12.2. The first-order valence-electron chi connectivity index (χ1n) is 7.46. The van der Waals surface area contributed by atoms with Crippen molar-refractivity contribution in [2.45, 2.75) is 18.7 Å². The lowest BCUT2D eigenvalue weighted by Gasteiger charge is -2.18. The number of carbonyl (C=O) groups excluding carboxylic acids is 1. The Labute approximate surface area is 140 Å². The molecular formula is C17H18FNO4S. The smallest absolute Gasteiger partial charge is 0.343 e. The molecule has 0 bridgehead atoms. The topological polar surface area (TPSA) is 63.7 Å². The monoisotopic (exact) mass is 351 g/mol. The highest BCUT2D eigenvalue weighted by Gasteiger charge is 2.22. The summed E-state index contributed by atoms with van der Waals surface area (Å²) in [6.07, 6.45) is 0. The Bertz CT molecular complexity index is 815. The molecule has 0 aliphatic carbocycles. The van der Waals surface area contributed by atoms with E-state index in [9.17, 15) is 17.6 Å². The Morgan fingerprint density at radius 2 is 1.71 bits per heavy atom. The number of ether oxygens (including phenoxy) is 1. The van der Waals surface area contributed by atoms with E-state index in [0.717, 1.165) is 0 Å². The zero-order chi connectivity index (χ0) is 17.7. The first-order chi connectivity index (χ1) is 11.4. The molecule has 0 saturated carbocycles. The highest BCUT2D eigenvalue weighted by molar-refractivity contribution is 7.89. The van der Waals surface area contributed by atoms with E-state index in [2.05, 4.69) is 0 Å². The minimum atomic E-state index is -3.66. The molecule has 0 radical (unpaired) electrons. The summed E-state index contributed by atoms with van der Waals surface area (Å²) in [5.74, 6) is -0.973. The van der Waals surface area contributed by atoms with Crippen LogP contribution < -0.4 is 4.74 Å². The molecule has 0 aliphatic heterocycles. The predicted molar refractivity (Wildman–Crippen MR) is 87.9 cm³/mol. The number of nitrogens with zero attached hydrogens (tertiary/aromatic N) is 1. The van der Waals surface area contributed by atoms with Gasteiger partial charge < -0.3 is 4.74 Å². The second-order valence-corrected chi connectivity index (χ2v) is 6.90. The SMILES string of the molecule is CCN(CC)S(=O)(=O)c1cccc(C(=O)Oc2ccc(F)cc2)c1. The first kappa shape index (κ1) is 18.1. The van der Waals surface area contributed by atoms with Gasteiger partial charge in [0.25, 0.3) is 0 Å². The number of halogens is 1. The van der Waals surface area contributed by atoms with Crippen LogP contribution in [0.3, 0.4) is 0 Å². The fourth-order valence-electron chi connectivity index (χ4n) is 2.16. The molecule has 2 rings (SSSR count). The molecule has 24 heavy (non-hydrogen) atoms. The standard InChI is InChI=1S/C17H18FNO4S/c1-3-19(4-2)24(21,22)16-7-5-6-13(12-16)17(20)23-15-10-8-14(18)9-11-15/h5-12H,3-4H2,1-2H3. The van der Waals surface area contributed by atoms with Crippen LogP contribution in [-0.2, 0) is 10.0 Å². The Hall–Kier alpha value is -2.25. The average molecular weight is 351 g/mol. The quantitative estimate of drug-likeness (QED) is 0.593. The number of benzene rings is 2. The summed E-state index contributed by atoms with van der Waals surface area (Å²) in [5, 5.41) is 0. The second-order valence-electron chi connectivity index (χ2n) is 4.96. The van der Waals surface area contributed by atoms with Gasteiger partial charge in [0.15, 0.2) is 0 Å². The zero-order valence-corrected chi connectivity index (χ0v) is 14.2. The summed E-state index contributed by atoms with van der Waals surface area (Å²) >= 11 is 0. The lowest BCUT2D eigenvalue weighted by atomic mass is 10.2. The van der Waals surface area contributed by atoms with Crippen LogP contribution in [0.25, 0.3) is 0 Å². The van der Waals surface area contributed by atoms with E-state index in [1.807, 2.05) is 0 Å². The van der Waals surface area contributed by atoms with Gasteiger partial charge in [-0.1, -0.05) is 19.9 Å². The summed E-state index contributed by atoms with van der Waals surface area (Å²) in [6, 6.07) is 10.6. The normalized spacial score (nSPS) is 11.5. The summed E-state index contributed by atoms with van der Waals surface area (Å²) in [7, 11) is -3.66. The Kier molecular flexibility index (Phi) is 5.69. The maximum atomic E-state index is 12.9. The molecule has 0 aliphatic rings. The van der Waals surface area contributed by atoms with Crippen LogP contribution in [0.15, 0.2) is 53.4 Å². The van der Waals surface area contributed by atoms with Crippen molar-refractivity contribution in [1.29, 1.82) is 0 Å². The van der Waals surface area contributed by atoms with Crippen molar-refractivity contribution in [2.24, 2.45) is 0 Å². The van der Waals surface area contributed by atoms with Crippen molar-refractivity contribution >= 4 is 16.0 Å². The molecular weight excluding hydrogens is 333 g/mol. The van der Waals surface area contributed by atoms with Gasteiger partial charge in [-0.3, -0.25) is 0 Å². The molecule has 0 fully saturated rings. The van der Waals surface area contributed by atoms with Crippen molar-refractivity contribution < 1.29 is 22.3 Å². The molecule has 0 unspecified atom stereocenters. The van der Waals surface area contributed by atoms with Gasteiger partial charge in [-0.25, -0.2) is 17.6 Å². The van der Waals surface area contributed by atoms with Gasteiger partial charge in [-0.2, -0.15) is 4.31 Å². The van der Waals surface area contributed by atoms with E-state index < -0.39 is 21.8 Å². The molecule has 0 atom stereocenters. The fourth-order valence-corrected chi connectivity index (χ4v) is 3.67. The van der Waals surface area contributed by atoms with Crippen LogP contribution in [0.4, 0.5) is 4.39 Å². The van der Waals surface area contributed by atoms with Crippen molar-refractivity contribution in [3.05, 3.63) is 59.9 Å². The Morgan fingerprint density at radius 3 is 2.29 bits per heavy atom. The molecule has 7 heteroatoms. The van der Waals surface area contributed by atoms with Crippen molar-refractivity contribution in [3.8, 4) is 5.75 Å². The van der Waals surface area contributed by atoms with E-state index in [0.29, 0.717) is 13.1 Å². The van der Waals surface area contributed by atoms with E-state index in [4.69, 9.17) is 4.74 Å². The molecule has 5 nitrogen and oxygen atoms in total. The fraction of sp³-hybridized carbons (Fsp3) is 0.235. The largest absolute Gasteiger partial charge is 0.423 e. The third-order valence-corrected chi connectivity index (χ3v) is 5.48. The molecule has 2 aromatic rings. The van der Waals surface area contributed by atoms with Crippen LogP contribution in [0.2, 0.25) is 0 Å². The molecule has 128 valence electrons. The molecule has 0 spiro atoms. The summed E-state index contributed by atoms with van der Waals surface area (Å²) in [6.45, 7) is 4.16. The lowest BCUT2D eigenvalue weighted by molar-refractivity contribution is 0.0734. The maximum Gasteiger partial charge on any atom is 0.343 e. The zero-order valence-electron chi connectivity index (χ0n) is 13.4. The van der Waals surface area contributed by atoms with Gasteiger partial charge in [0.05, 0.1) is 10.5 Å². The lowest BCUT2D eigenvalue weighted by Crippen LogP contribution is -2.30. The Balaban J connectivity index is 2.26. The number of hydrogen-bond acceptors (Lipinski definition) is 4. The van der Waals surface area contributed by atoms with Crippen LogP contribution in [0.1, 0.15) is 24.2 Å². The van der Waals surface area contributed by atoms with Crippen LogP contribution in [0, 0.1) is 5.82 Å². The van der Waals surface area contributed by atoms with Crippen molar-refractivity contribution in [3.63, 3.8) is 0 Å². The van der Waals surface area contributed by atoms with Gasteiger partial charge in [0.2, 0.25) is 10.0 Å². The first-order valence-corrected chi connectivity index (χ1v) is 8.90. The minimum Gasteiger partial charge on any atom is -0.423 e. The number of esters is 1. The van der Waals surface area contributed by atoms with Gasteiger partial charge in [-0.15, -0.1) is 0 Å². The minimum absolute atomic E-state index is 0.0276. The third kappa shape index (κ3) is 3.98. The van der Waals surface area contributed by atoms with E-state index >= 15 is 0 Å². The maximum absolute atomic E-state index is 12.9. The average Bonchev–Trinajstić information content (AvgIpc) is 2.58. The van der Waals surface area contributed by atoms with Crippen molar-refractivity contribution in [1.82, 2.24) is 4.31 Å². The molecule has 0 N–H and O–H groups in total. The summed E-state index contributed by atoms with van der Waals surface area (Å²) in [5.41, 5.74) is 0.104. The van der Waals surface area contributed by atoms with Gasteiger partial charge in [0.1, 0.15) is 11.6 Å². The number of sulfonamides is 1. The van der Waals surface area contributed by atoms with E-state index in [-0.39, 0.29) is 16.2 Å². The predicted octanol–water partition coefficient (Wildman–Crippen LogP) is 3.08. The summed E-state index contributed by atoms with van der Waals surface area (Å²) < 4.78 is 44.3. The van der Waals surface area contributed by atoms with Gasteiger partial charge in [0, 0.05) is 13.1 Å². The molecule has 0 heterocycles. The molecule has 0 aromatic heterocycles. The number of rotatable bonds is 6. The molecule has 0 amide bonds. The van der Waals surface area contributed by atoms with E-state index in [1.165, 1.54) is 52.8 Å². The third-order valence-electron chi connectivity index (χ3n) is 3.44. The van der Waals surface area contributed by atoms with Crippen LogP contribution in [-0.4, -0.2) is 31.8 Å². The highest BCUT2D eigenvalue weighted by atomic mass is 32.2. The molecule has 0 saturated heterocycles. The van der Waals surface area contributed by atoms with Gasteiger partial charge >= 0.3 is 5.97 Å². The second kappa shape index (κ2) is 7.55. The van der Waals surface area contributed by atoms with Crippen LogP contribution >= 0.6 is 0 Å². The number of carbonyl (C=O) groups is 1. The number of hydrogen-bond donors (Lipinski definition) is 0. The van der Waals surface area contributed by atoms with Crippen molar-refractivity contribution in [2.75, 3.05) is 13.1 Å². The van der Waals surface area contributed by atoms with E-state index in [1.54, 1.807) is 13.8 Å². The van der Waals surface area contributed by atoms with Gasteiger partial charge in [-0.05, 0) is 42.5 Å². The van der Waals surface area contributed by atoms with Crippen LogP contribution in [0.5, 0.6) is 5.75 Å². The highest BCUT2D eigenvalue weighted by Crippen LogP contribution is 2.19. The molecule has 2 aromatic carbocycles.